The molecule has 0 saturated heterocycles. The third-order valence-electron chi connectivity index (χ3n) is 3.49. The number of rotatable bonds is 6. The second-order valence-electron chi connectivity index (χ2n) is 4.87. The molecule has 2 aromatic rings. The first-order valence-corrected chi connectivity index (χ1v) is 8.97. The summed E-state index contributed by atoms with van der Waals surface area (Å²) in [4.78, 5) is -0.0559. The van der Waals surface area contributed by atoms with Gasteiger partial charge in [0.1, 0.15) is 16.4 Å². The molecule has 0 bridgehead atoms. The summed E-state index contributed by atoms with van der Waals surface area (Å²) in [5.74, 6) is 0.575. The Labute approximate surface area is 146 Å². The molecule has 2 rings (SSSR count). The van der Waals surface area contributed by atoms with E-state index in [0.29, 0.717) is 11.4 Å². The first-order valence-electron chi connectivity index (χ1n) is 7.15. The first-order chi connectivity index (χ1) is 11.4. The average molecular weight is 371 g/mol. The van der Waals surface area contributed by atoms with E-state index < -0.39 is 10.0 Å². The molecule has 6 nitrogen and oxygen atoms in total. The topological polar surface area (TPSA) is 81.9 Å². The smallest absolute Gasteiger partial charge is 0.268 e. The highest BCUT2D eigenvalue weighted by Gasteiger charge is 2.29. The Morgan fingerprint density at radius 1 is 1.12 bits per heavy atom. The molecule has 0 aliphatic rings. The van der Waals surface area contributed by atoms with Crippen molar-refractivity contribution in [3.63, 3.8) is 0 Å². The van der Waals surface area contributed by atoms with Crippen molar-refractivity contribution >= 4 is 33.0 Å². The lowest BCUT2D eigenvalue weighted by Gasteiger charge is -2.25. The van der Waals surface area contributed by atoms with E-state index in [-0.39, 0.29) is 27.9 Å². The summed E-state index contributed by atoms with van der Waals surface area (Å²) in [6.45, 7) is 1.93. The van der Waals surface area contributed by atoms with Crippen LogP contribution >= 0.6 is 11.6 Å². The van der Waals surface area contributed by atoms with Crippen LogP contribution in [0.1, 0.15) is 6.92 Å². The molecule has 0 aliphatic carbocycles. The van der Waals surface area contributed by atoms with Crippen LogP contribution in [0.5, 0.6) is 11.5 Å². The molecule has 2 aromatic carbocycles. The lowest BCUT2D eigenvalue weighted by molar-refractivity contribution is 0.402. The zero-order chi connectivity index (χ0) is 17.9. The molecule has 0 spiro atoms. The molecule has 2 N–H and O–H groups in total. The number of halogens is 1. The van der Waals surface area contributed by atoms with E-state index >= 15 is 0 Å². The number of sulfonamides is 1. The van der Waals surface area contributed by atoms with E-state index in [1.807, 2.05) is 0 Å². The summed E-state index contributed by atoms with van der Waals surface area (Å²) < 4.78 is 38.0. The monoisotopic (exact) mass is 370 g/mol. The molecule has 0 unspecified atom stereocenters. The Kier molecular flexibility index (Phi) is 5.46. The molecule has 24 heavy (non-hydrogen) atoms. The number of nitrogen functional groups attached to an aromatic ring is 1. The highest BCUT2D eigenvalue weighted by Crippen LogP contribution is 2.37. The summed E-state index contributed by atoms with van der Waals surface area (Å²) in [6, 6.07) is 9.56. The molecule has 8 heteroatoms. The maximum atomic E-state index is 13.2. The van der Waals surface area contributed by atoms with Gasteiger partial charge >= 0.3 is 0 Å². The number of nitrogens with zero attached hydrogens (tertiary/aromatic N) is 1. The van der Waals surface area contributed by atoms with Gasteiger partial charge in [0.2, 0.25) is 0 Å². The summed E-state index contributed by atoms with van der Waals surface area (Å²) in [6.07, 6.45) is 0. The van der Waals surface area contributed by atoms with Gasteiger partial charge in [-0.05, 0) is 25.1 Å². The van der Waals surface area contributed by atoms with E-state index in [1.54, 1.807) is 31.2 Å². The largest absolute Gasteiger partial charge is 0.495 e. The average Bonchev–Trinajstić information content (AvgIpc) is 2.57. The molecule has 0 amide bonds. The van der Waals surface area contributed by atoms with Crippen LogP contribution in [0.25, 0.3) is 0 Å². The minimum Gasteiger partial charge on any atom is -0.495 e. The van der Waals surface area contributed by atoms with Crippen LogP contribution < -0.4 is 19.5 Å². The summed E-state index contributed by atoms with van der Waals surface area (Å²) in [5, 5.41) is 0.228. The van der Waals surface area contributed by atoms with Crippen molar-refractivity contribution in [3.8, 4) is 11.5 Å². The molecule has 0 radical (unpaired) electrons. The van der Waals surface area contributed by atoms with E-state index in [2.05, 4.69) is 0 Å². The van der Waals surface area contributed by atoms with Crippen molar-refractivity contribution in [2.45, 2.75) is 11.8 Å². The van der Waals surface area contributed by atoms with Gasteiger partial charge in [-0.3, -0.25) is 4.31 Å². The van der Waals surface area contributed by atoms with E-state index in [0.717, 1.165) is 0 Å². The number of benzene rings is 2. The second kappa shape index (κ2) is 7.19. The number of hydrogen-bond acceptors (Lipinski definition) is 5. The lowest BCUT2D eigenvalue weighted by Crippen LogP contribution is -2.31. The summed E-state index contributed by atoms with van der Waals surface area (Å²) in [7, 11) is -1.07. The fraction of sp³-hybridized carbons (Fsp3) is 0.250. The zero-order valence-electron chi connectivity index (χ0n) is 13.6. The number of para-hydroxylation sites is 2. The first kappa shape index (κ1) is 18.2. The quantitative estimate of drug-likeness (QED) is 0.790. The van der Waals surface area contributed by atoms with Gasteiger partial charge in [-0.15, -0.1) is 0 Å². The minimum absolute atomic E-state index is 0.0559. The number of anilines is 2. The number of hydrogen-bond donors (Lipinski definition) is 1. The van der Waals surface area contributed by atoms with Gasteiger partial charge < -0.3 is 15.2 Å². The lowest BCUT2D eigenvalue weighted by atomic mass is 10.3. The van der Waals surface area contributed by atoms with E-state index in [9.17, 15) is 8.42 Å². The Bertz CT molecular complexity index is 840. The maximum Gasteiger partial charge on any atom is 0.268 e. The van der Waals surface area contributed by atoms with Crippen LogP contribution in [0.2, 0.25) is 5.02 Å². The van der Waals surface area contributed by atoms with Crippen LogP contribution in [0, 0.1) is 0 Å². The predicted octanol–water partition coefficient (Wildman–Crippen LogP) is 3.15. The molecule has 0 atom stereocenters. The Hall–Kier alpha value is -2.12. The minimum atomic E-state index is -3.93. The fourth-order valence-corrected chi connectivity index (χ4v) is 4.15. The highest BCUT2D eigenvalue weighted by atomic mass is 35.5. The standard InChI is InChI=1S/C16H19ClN2O4S/c1-4-19(13-7-5-6-8-14(13)22-2)24(20,21)16-10-12(18)11(17)9-15(16)23-3/h5-10H,4,18H2,1-3H3. The van der Waals surface area contributed by atoms with Gasteiger partial charge in [0.25, 0.3) is 10.0 Å². The Balaban J connectivity index is 2.66. The number of nitrogens with two attached hydrogens (primary N) is 1. The Morgan fingerprint density at radius 2 is 1.75 bits per heavy atom. The summed E-state index contributed by atoms with van der Waals surface area (Å²) >= 11 is 5.96. The molecule has 0 aliphatic heterocycles. The molecule has 0 heterocycles. The number of methoxy groups -OCH3 is 2. The zero-order valence-corrected chi connectivity index (χ0v) is 15.2. The third kappa shape index (κ3) is 3.22. The summed E-state index contributed by atoms with van der Waals surface area (Å²) in [5.41, 5.74) is 6.37. The van der Waals surface area contributed by atoms with Crippen LogP contribution in [-0.4, -0.2) is 29.2 Å². The van der Waals surface area contributed by atoms with E-state index in [4.69, 9.17) is 26.8 Å². The van der Waals surface area contributed by atoms with Gasteiger partial charge in [0.05, 0.1) is 30.6 Å². The fourth-order valence-electron chi connectivity index (χ4n) is 2.34. The van der Waals surface area contributed by atoms with Crippen molar-refractivity contribution in [1.82, 2.24) is 0 Å². The third-order valence-corrected chi connectivity index (χ3v) is 5.73. The number of ether oxygens (including phenoxy) is 2. The van der Waals surface area contributed by atoms with Crippen molar-refractivity contribution in [1.29, 1.82) is 0 Å². The van der Waals surface area contributed by atoms with Crippen LogP contribution in [0.15, 0.2) is 41.3 Å². The van der Waals surface area contributed by atoms with Gasteiger partial charge in [-0.1, -0.05) is 23.7 Å². The maximum absolute atomic E-state index is 13.2. The molecule has 0 saturated carbocycles. The van der Waals surface area contributed by atoms with Crippen LogP contribution in [-0.2, 0) is 10.0 Å². The molecular formula is C16H19ClN2O4S. The van der Waals surface area contributed by atoms with Gasteiger partial charge in [0, 0.05) is 12.6 Å². The molecular weight excluding hydrogens is 352 g/mol. The van der Waals surface area contributed by atoms with Gasteiger partial charge in [-0.2, -0.15) is 0 Å². The van der Waals surface area contributed by atoms with Gasteiger partial charge in [0.15, 0.2) is 0 Å². The van der Waals surface area contributed by atoms with Crippen molar-refractivity contribution in [2.24, 2.45) is 0 Å². The van der Waals surface area contributed by atoms with E-state index in [1.165, 1.54) is 30.7 Å². The van der Waals surface area contributed by atoms with Gasteiger partial charge in [-0.25, -0.2) is 8.42 Å². The highest BCUT2D eigenvalue weighted by molar-refractivity contribution is 7.93. The van der Waals surface area contributed by atoms with Crippen molar-refractivity contribution < 1.29 is 17.9 Å². The molecule has 130 valence electrons. The second-order valence-corrected chi connectivity index (χ2v) is 7.10. The Morgan fingerprint density at radius 3 is 2.33 bits per heavy atom. The van der Waals surface area contributed by atoms with Crippen molar-refractivity contribution in [2.75, 3.05) is 30.8 Å². The SMILES string of the molecule is CCN(c1ccccc1OC)S(=O)(=O)c1cc(N)c(Cl)cc1OC. The van der Waals surface area contributed by atoms with Crippen LogP contribution in [0.4, 0.5) is 11.4 Å². The van der Waals surface area contributed by atoms with Crippen molar-refractivity contribution in [3.05, 3.63) is 41.4 Å². The van der Waals surface area contributed by atoms with Crippen LogP contribution in [0.3, 0.4) is 0 Å². The molecule has 0 fully saturated rings. The normalized spacial score (nSPS) is 11.2. The molecule has 0 aromatic heterocycles. The predicted molar refractivity (Wildman–Crippen MR) is 95.6 cm³/mol.